The Bertz CT molecular complexity index is 279. The number of rotatable bonds is 3. The Hall–Kier alpha value is -1.51. The van der Waals surface area contributed by atoms with Crippen LogP contribution in [-0.2, 0) is 11.2 Å². The largest absolute Gasteiger partial charge is 0.508 e. The van der Waals surface area contributed by atoms with E-state index < -0.39 is 0 Å². The van der Waals surface area contributed by atoms with Crippen molar-refractivity contribution in [3.8, 4) is 5.75 Å². The van der Waals surface area contributed by atoms with Crippen LogP contribution in [0.25, 0.3) is 0 Å². The standard InChI is InChI=1S/C10H12NO2/c1-8(12)11-7-6-9-2-4-10(13)5-3-9/h2-5,7,13H,6H2,1H3,(H,11,12). The summed E-state index contributed by atoms with van der Waals surface area (Å²) in [6, 6.07) is 6.87. The first-order valence-corrected chi connectivity index (χ1v) is 4.05. The van der Waals surface area contributed by atoms with Crippen LogP contribution in [0, 0.1) is 6.54 Å². The maximum atomic E-state index is 10.5. The first-order valence-electron chi connectivity index (χ1n) is 4.05. The molecule has 3 heteroatoms. The molecule has 1 aromatic rings. The van der Waals surface area contributed by atoms with E-state index in [9.17, 15) is 4.79 Å². The van der Waals surface area contributed by atoms with Crippen LogP contribution < -0.4 is 5.32 Å². The molecule has 0 atom stereocenters. The second kappa shape index (κ2) is 4.50. The average molecular weight is 178 g/mol. The van der Waals surface area contributed by atoms with Crippen LogP contribution >= 0.6 is 0 Å². The van der Waals surface area contributed by atoms with E-state index in [0.717, 1.165) is 5.56 Å². The van der Waals surface area contributed by atoms with Crippen LogP contribution in [0.5, 0.6) is 5.75 Å². The third-order valence-corrected chi connectivity index (χ3v) is 1.58. The summed E-state index contributed by atoms with van der Waals surface area (Å²) >= 11 is 0. The summed E-state index contributed by atoms with van der Waals surface area (Å²) in [4.78, 5) is 10.5. The Balaban J connectivity index is 2.37. The molecule has 0 fully saturated rings. The minimum Gasteiger partial charge on any atom is -0.508 e. The van der Waals surface area contributed by atoms with E-state index in [1.165, 1.54) is 6.92 Å². The van der Waals surface area contributed by atoms with Gasteiger partial charge in [-0.1, -0.05) is 12.1 Å². The number of phenolic OH excluding ortho intramolecular Hbond substituents is 1. The van der Waals surface area contributed by atoms with E-state index in [0.29, 0.717) is 6.42 Å². The Morgan fingerprint density at radius 3 is 2.62 bits per heavy atom. The van der Waals surface area contributed by atoms with Crippen molar-refractivity contribution in [1.82, 2.24) is 5.32 Å². The summed E-state index contributed by atoms with van der Waals surface area (Å²) in [6.07, 6.45) is 0.667. The first kappa shape index (κ1) is 9.58. The predicted molar refractivity (Wildman–Crippen MR) is 49.9 cm³/mol. The normalized spacial score (nSPS) is 9.62. The van der Waals surface area contributed by atoms with Crippen LogP contribution in [0.3, 0.4) is 0 Å². The maximum Gasteiger partial charge on any atom is 0.217 e. The molecule has 0 saturated heterocycles. The van der Waals surface area contributed by atoms with Gasteiger partial charge in [-0.2, -0.15) is 0 Å². The molecule has 0 heterocycles. The summed E-state index contributed by atoms with van der Waals surface area (Å²) in [5, 5.41) is 11.6. The van der Waals surface area contributed by atoms with Gasteiger partial charge in [-0.15, -0.1) is 0 Å². The molecule has 2 N–H and O–H groups in total. The second-order valence-electron chi connectivity index (χ2n) is 2.78. The van der Waals surface area contributed by atoms with Crippen molar-refractivity contribution in [2.75, 3.05) is 0 Å². The van der Waals surface area contributed by atoms with Gasteiger partial charge in [-0.05, 0) is 24.1 Å². The highest BCUT2D eigenvalue weighted by Crippen LogP contribution is 2.10. The summed E-state index contributed by atoms with van der Waals surface area (Å²) in [5.74, 6) is 0.182. The quantitative estimate of drug-likeness (QED) is 0.731. The highest BCUT2D eigenvalue weighted by Gasteiger charge is 1.94. The number of hydrogen-bond acceptors (Lipinski definition) is 2. The summed E-state index contributed by atoms with van der Waals surface area (Å²) in [5.41, 5.74) is 1.05. The predicted octanol–water partition coefficient (Wildman–Crippen LogP) is 1.23. The van der Waals surface area contributed by atoms with E-state index in [1.54, 1.807) is 18.7 Å². The Labute approximate surface area is 77.4 Å². The van der Waals surface area contributed by atoms with Crippen LogP contribution in [0.15, 0.2) is 24.3 Å². The Morgan fingerprint density at radius 1 is 1.46 bits per heavy atom. The number of amides is 1. The molecule has 0 aliphatic heterocycles. The molecule has 0 aromatic heterocycles. The molecule has 0 aliphatic carbocycles. The molecular formula is C10H12NO2. The van der Waals surface area contributed by atoms with Gasteiger partial charge in [-0.25, -0.2) is 0 Å². The van der Waals surface area contributed by atoms with E-state index in [2.05, 4.69) is 5.32 Å². The van der Waals surface area contributed by atoms with Gasteiger partial charge in [0.15, 0.2) is 0 Å². The zero-order chi connectivity index (χ0) is 9.68. The summed E-state index contributed by atoms with van der Waals surface area (Å²) in [7, 11) is 0. The van der Waals surface area contributed by atoms with Crippen molar-refractivity contribution in [3.05, 3.63) is 36.4 Å². The number of nitrogens with one attached hydrogen (secondary N) is 1. The van der Waals surface area contributed by atoms with Gasteiger partial charge in [-0.3, -0.25) is 4.79 Å². The third-order valence-electron chi connectivity index (χ3n) is 1.58. The number of hydrogen-bond donors (Lipinski definition) is 2. The lowest BCUT2D eigenvalue weighted by Gasteiger charge is -2.01. The number of benzene rings is 1. The maximum absolute atomic E-state index is 10.5. The Kier molecular flexibility index (Phi) is 3.31. The van der Waals surface area contributed by atoms with Crippen molar-refractivity contribution in [2.24, 2.45) is 0 Å². The van der Waals surface area contributed by atoms with Gasteiger partial charge in [0.05, 0.1) is 6.54 Å². The molecule has 13 heavy (non-hydrogen) atoms. The minimum absolute atomic E-state index is 0.0706. The van der Waals surface area contributed by atoms with Gasteiger partial charge in [0.1, 0.15) is 5.75 Å². The van der Waals surface area contributed by atoms with Crippen molar-refractivity contribution < 1.29 is 9.90 Å². The molecule has 0 spiro atoms. The minimum atomic E-state index is -0.0706. The number of carbonyl (C=O) groups is 1. The lowest BCUT2D eigenvalue weighted by Crippen LogP contribution is -2.17. The average Bonchev–Trinajstić information content (AvgIpc) is 2.08. The van der Waals surface area contributed by atoms with Crippen LogP contribution in [0.4, 0.5) is 0 Å². The van der Waals surface area contributed by atoms with Crippen LogP contribution in [0.1, 0.15) is 12.5 Å². The molecule has 1 aromatic carbocycles. The first-order chi connectivity index (χ1) is 6.18. The fraction of sp³-hybridized carbons (Fsp3) is 0.200. The van der Waals surface area contributed by atoms with Gasteiger partial charge in [0.25, 0.3) is 0 Å². The molecule has 1 amide bonds. The molecule has 0 saturated carbocycles. The lowest BCUT2D eigenvalue weighted by atomic mass is 10.1. The van der Waals surface area contributed by atoms with E-state index in [1.807, 2.05) is 12.1 Å². The lowest BCUT2D eigenvalue weighted by molar-refractivity contribution is -0.118. The van der Waals surface area contributed by atoms with Crippen molar-refractivity contribution in [3.63, 3.8) is 0 Å². The Morgan fingerprint density at radius 2 is 2.08 bits per heavy atom. The highest BCUT2D eigenvalue weighted by molar-refractivity contribution is 5.73. The van der Waals surface area contributed by atoms with Gasteiger partial charge < -0.3 is 10.4 Å². The fourth-order valence-electron chi connectivity index (χ4n) is 0.945. The van der Waals surface area contributed by atoms with E-state index in [4.69, 9.17) is 5.11 Å². The SMILES string of the molecule is CC(=O)N[CH]Cc1ccc(O)cc1. The highest BCUT2D eigenvalue weighted by atomic mass is 16.3. The molecule has 0 unspecified atom stereocenters. The van der Waals surface area contributed by atoms with E-state index in [-0.39, 0.29) is 11.7 Å². The number of aromatic hydroxyl groups is 1. The molecule has 69 valence electrons. The van der Waals surface area contributed by atoms with Crippen LogP contribution in [-0.4, -0.2) is 11.0 Å². The number of carbonyl (C=O) groups excluding carboxylic acids is 1. The molecule has 1 rings (SSSR count). The zero-order valence-electron chi connectivity index (χ0n) is 7.45. The monoisotopic (exact) mass is 178 g/mol. The van der Waals surface area contributed by atoms with Crippen LogP contribution in [0.2, 0.25) is 0 Å². The summed E-state index contributed by atoms with van der Waals surface area (Å²) < 4.78 is 0. The van der Waals surface area contributed by atoms with E-state index >= 15 is 0 Å². The summed E-state index contributed by atoms with van der Waals surface area (Å²) in [6.45, 7) is 3.15. The fourth-order valence-corrected chi connectivity index (χ4v) is 0.945. The topological polar surface area (TPSA) is 49.3 Å². The molecule has 0 aliphatic rings. The van der Waals surface area contributed by atoms with Gasteiger partial charge in [0.2, 0.25) is 5.91 Å². The molecular weight excluding hydrogens is 166 g/mol. The zero-order valence-corrected chi connectivity index (χ0v) is 7.45. The molecule has 0 bridgehead atoms. The van der Waals surface area contributed by atoms with Crippen molar-refractivity contribution in [1.29, 1.82) is 0 Å². The molecule has 1 radical (unpaired) electrons. The van der Waals surface area contributed by atoms with Crippen molar-refractivity contribution >= 4 is 5.91 Å². The van der Waals surface area contributed by atoms with Crippen molar-refractivity contribution in [2.45, 2.75) is 13.3 Å². The van der Waals surface area contributed by atoms with Gasteiger partial charge in [0, 0.05) is 6.92 Å². The number of phenols is 1. The smallest absolute Gasteiger partial charge is 0.217 e. The molecule has 3 nitrogen and oxygen atoms in total. The third kappa shape index (κ3) is 3.60. The van der Waals surface area contributed by atoms with Gasteiger partial charge >= 0.3 is 0 Å². The second-order valence-corrected chi connectivity index (χ2v) is 2.78.